The Balaban J connectivity index is 1.68. The minimum atomic E-state index is -0.368. The van der Waals surface area contributed by atoms with Crippen molar-refractivity contribution in [3.05, 3.63) is 41.6 Å². The summed E-state index contributed by atoms with van der Waals surface area (Å²) in [5.41, 5.74) is 1.12. The first-order valence-electron chi connectivity index (χ1n) is 8.39. The van der Waals surface area contributed by atoms with Gasteiger partial charge in [-0.3, -0.25) is 9.69 Å². The monoisotopic (exact) mass is 344 g/mol. The Labute approximate surface area is 147 Å². The number of aromatic hydroxyl groups is 1. The van der Waals surface area contributed by atoms with E-state index in [0.717, 1.165) is 44.8 Å². The molecule has 0 radical (unpaired) electrons. The number of benzene rings is 1. The van der Waals surface area contributed by atoms with E-state index in [0.29, 0.717) is 13.1 Å². The molecule has 0 saturated carbocycles. The average molecular weight is 344 g/mol. The largest absolute Gasteiger partial charge is 0.508 e. The molecule has 1 aromatic rings. The quantitative estimate of drug-likeness (QED) is 0.358. The molecule has 0 atom stereocenters. The van der Waals surface area contributed by atoms with Gasteiger partial charge in [-0.25, -0.2) is 0 Å². The Morgan fingerprint density at radius 1 is 1.28 bits per heavy atom. The van der Waals surface area contributed by atoms with Crippen molar-refractivity contribution in [2.75, 3.05) is 45.9 Å². The van der Waals surface area contributed by atoms with Crippen LogP contribution in [0.15, 0.2) is 36.0 Å². The number of carbonyl (C=O) groups is 1. The summed E-state index contributed by atoms with van der Waals surface area (Å²) in [4.78, 5) is 14.2. The van der Waals surface area contributed by atoms with Gasteiger partial charge in [0.15, 0.2) is 0 Å². The summed E-state index contributed by atoms with van der Waals surface area (Å²) in [6.45, 7) is 5.04. The molecule has 1 heterocycles. The van der Waals surface area contributed by atoms with Crippen molar-refractivity contribution in [3.63, 3.8) is 0 Å². The molecular formula is C18H24N4O3. The van der Waals surface area contributed by atoms with Crippen LogP contribution in [0, 0.1) is 11.3 Å². The van der Waals surface area contributed by atoms with Gasteiger partial charge in [0.05, 0.1) is 13.2 Å². The van der Waals surface area contributed by atoms with Gasteiger partial charge in [0.2, 0.25) is 0 Å². The fraction of sp³-hybridized carbons (Fsp3) is 0.444. The van der Waals surface area contributed by atoms with Gasteiger partial charge in [0.25, 0.3) is 5.91 Å². The number of rotatable bonds is 8. The van der Waals surface area contributed by atoms with Crippen molar-refractivity contribution >= 4 is 5.91 Å². The highest BCUT2D eigenvalue weighted by atomic mass is 16.5. The van der Waals surface area contributed by atoms with Crippen LogP contribution in [0.2, 0.25) is 0 Å². The van der Waals surface area contributed by atoms with Crippen LogP contribution >= 0.6 is 0 Å². The van der Waals surface area contributed by atoms with Crippen LogP contribution in [-0.2, 0) is 16.0 Å². The van der Waals surface area contributed by atoms with Crippen molar-refractivity contribution in [2.45, 2.75) is 6.42 Å². The highest BCUT2D eigenvalue weighted by Gasteiger charge is 2.12. The molecule has 1 aliphatic heterocycles. The third kappa shape index (κ3) is 6.83. The van der Waals surface area contributed by atoms with E-state index in [1.807, 2.05) is 18.2 Å². The first-order valence-corrected chi connectivity index (χ1v) is 8.39. The van der Waals surface area contributed by atoms with Crippen LogP contribution < -0.4 is 10.6 Å². The number of nitrogens with one attached hydrogen (secondary N) is 2. The van der Waals surface area contributed by atoms with Crippen LogP contribution in [0.4, 0.5) is 0 Å². The third-order valence-electron chi connectivity index (χ3n) is 3.92. The Kier molecular flexibility index (Phi) is 7.76. The Morgan fingerprint density at radius 2 is 2.00 bits per heavy atom. The van der Waals surface area contributed by atoms with Crippen molar-refractivity contribution in [1.82, 2.24) is 15.5 Å². The molecule has 134 valence electrons. The highest BCUT2D eigenvalue weighted by molar-refractivity contribution is 5.97. The Morgan fingerprint density at radius 3 is 2.68 bits per heavy atom. The van der Waals surface area contributed by atoms with Crippen molar-refractivity contribution < 1.29 is 14.6 Å². The second-order valence-electron chi connectivity index (χ2n) is 5.75. The van der Waals surface area contributed by atoms with Crippen LogP contribution in [0.25, 0.3) is 0 Å². The standard InChI is InChI=1S/C18H24N4O3/c19-13-16(14-20-6-5-15-1-3-17(23)4-2-15)18(24)21-7-8-22-9-11-25-12-10-22/h1-4,14,20,23H,5-12H2,(H,21,24)/b16-14-. The number of amides is 1. The van der Waals surface area contributed by atoms with E-state index >= 15 is 0 Å². The summed E-state index contributed by atoms with van der Waals surface area (Å²) < 4.78 is 5.27. The molecule has 1 aliphatic rings. The van der Waals surface area contributed by atoms with Gasteiger partial charge in [-0.1, -0.05) is 12.1 Å². The molecule has 1 fully saturated rings. The van der Waals surface area contributed by atoms with E-state index in [4.69, 9.17) is 10.00 Å². The molecule has 25 heavy (non-hydrogen) atoms. The van der Waals surface area contributed by atoms with Crippen LogP contribution in [0.3, 0.4) is 0 Å². The third-order valence-corrected chi connectivity index (χ3v) is 3.92. The SMILES string of the molecule is N#C/C(=C/NCCc1ccc(O)cc1)C(=O)NCCN1CCOCC1. The van der Waals surface area contributed by atoms with Crippen LogP contribution in [-0.4, -0.2) is 61.9 Å². The molecule has 0 unspecified atom stereocenters. The molecule has 0 aliphatic carbocycles. The Hall–Kier alpha value is -2.56. The molecule has 1 saturated heterocycles. The number of phenols is 1. The zero-order chi connectivity index (χ0) is 17.9. The number of nitrogens with zero attached hydrogens (tertiary/aromatic N) is 2. The zero-order valence-corrected chi connectivity index (χ0v) is 14.2. The summed E-state index contributed by atoms with van der Waals surface area (Å²) in [6.07, 6.45) is 2.18. The topological polar surface area (TPSA) is 97.6 Å². The molecule has 7 nitrogen and oxygen atoms in total. The van der Waals surface area contributed by atoms with E-state index < -0.39 is 0 Å². The summed E-state index contributed by atoms with van der Waals surface area (Å²) in [5.74, 6) is -0.134. The molecule has 0 aromatic heterocycles. The lowest BCUT2D eigenvalue weighted by molar-refractivity contribution is -0.117. The number of hydrogen-bond acceptors (Lipinski definition) is 6. The maximum absolute atomic E-state index is 12.0. The summed E-state index contributed by atoms with van der Waals surface area (Å²) in [7, 11) is 0. The first-order chi connectivity index (χ1) is 12.2. The highest BCUT2D eigenvalue weighted by Crippen LogP contribution is 2.09. The molecule has 2 rings (SSSR count). The number of nitriles is 1. The molecule has 1 amide bonds. The minimum absolute atomic E-state index is 0.0627. The van der Waals surface area contributed by atoms with Crippen molar-refractivity contribution in [2.24, 2.45) is 0 Å². The number of ether oxygens (including phenoxy) is 1. The van der Waals surface area contributed by atoms with Crippen molar-refractivity contribution in [1.29, 1.82) is 5.26 Å². The molecular weight excluding hydrogens is 320 g/mol. The lowest BCUT2D eigenvalue weighted by Crippen LogP contribution is -2.41. The van der Waals surface area contributed by atoms with E-state index in [9.17, 15) is 9.90 Å². The Bertz CT molecular complexity index is 616. The molecule has 0 spiro atoms. The lowest BCUT2D eigenvalue weighted by atomic mass is 10.1. The normalized spacial score (nSPS) is 15.4. The minimum Gasteiger partial charge on any atom is -0.508 e. The van der Waals surface area contributed by atoms with E-state index in [1.54, 1.807) is 12.1 Å². The summed E-state index contributed by atoms with van der Waals surface area (Å²) >= 11 is 0. The van der Waals surface area contributed by atoms with Gasteiger partial charge in [0.1, 0.15) is 17.4 Å². The average Bonchev–Trinajstić information content (AvgIpc) is 2.64. The van der Waals surface area contributed by atoms with Gasteiger partial charge in [-0.2, -0.15) is 5.26 Å². The second-order valence-corrected chi connectivity index (χ2v) is 5.75. The van der Waals surface area contributed by atoms with Crippen LogP contribution in [0.1, 0.15) is 5.56 Å². The van der Waals surface area contributed by atoms with Crippen LogP contribution in [0.5, 0.6) is 5.75 Å². The fourth-order valence-corrected chi connectivity index (χ4v) is 2.45. The van der Waals surface area contributed by atoms with Gasteiger partial charge in [-0.05, 0) is 24.1 Å². The smallest absolute Gasteiger partial charge is 0.263 e. The number of phenolic OH excluding ortho intramolecular Hbond substituents is 1. The molecule has 7 heteroatoms. The van der Waals surface area contributed by atoms with E-state index in [1.165, 1.54) is 6.20 Å². The van der Waals surface area contributed by atoms with E-state index in [-0.39, 0.29) is 17.2 Å². The maximum Gasteiger partial charge on any atom is 0.263 e. The first kappa shape index (κ1) is 18.8. The predicted molar refractivity (Wildman–Crippen MR) is 93.8 cm³/mol. The molecule has 1 aromatic carbocycles. The number of carbonyl (C=O) groups excluding carboxylic acids is 1. The number of morpholine rings is 1. The predicted octanol–water partition coefficient (Wildman–Crippen LogP) is 0.380. The lowest BCUT2D eigenvalue weighted by Gasteiger charge is -2.26. The zero-order valence-electron chi connectivity index (χ0n) is 14.2. The second kappa shape index (κ2) is 10.3. The van der Waals surface area contributed by atoms with Gasteiger partial charge in [-0.15, -0.1) is 0 Å². The van der Waals surface area contributed by atoms with Gasteiger partial charge < -0.3 is 20.5 Å². The van der Waals surface area contributed by atoms with Gasteiger partial charge in [0, 0.05) is 38.9 Å². The van der Waals surface area contributed by atoms with E-state index in [2.05, 4.69) is 15.5 Å². The summed E-state index contributed by atoms with van der Waals surface area (Å²) in [5, 5.41) is 24.1. The van der Waals surface area contributed by atoms with Crippen molar-refractivity contribution in [3.8, 4) is 11.8 Å². The fourth-order valence-electron chi connectivity index (χ4n) is 2.45. The van der Waals surface area contributed by atoms with Gasteiger partial charge >= 0.3 is 0 Å². The summed E-state index contributed by atoms with van der Waals surface area (Å²) in [6, 6.07) is 8.86. The number of hydrogen-bond donors (Lipinski definition) is 3. The molecule has 0 bridgehead atoms. The molecule has 3 N–H and O–H groups in total. The maximum atomic E-state index is 12.0.